The zero-order valence-electron chi connectivity index (χ0n) is 15.8. The van der Waals surface area contributed by atoms with E-state index in [2.05, 4.69) is 17.6 Å². The number of para-hydroxylation sites is 1. The maximum atomic E-state index is 13.8. The molecule has 0 aromatic heterocycles. The Hall–Kier alpha value is -2.67. The lowest BCUT2D eigenvalue weighted by molar-refractivity contribution is -0.116. The van der Waals surface area contributed by atoms with Crippen LogP contribution in [0.5, 0.6) is 11.5 Å². The molecule has 0 aliphatic carbocycles. The summed E-state index contributed by atoms with van der Waals surface area (Å²) in [4.78, 5) is 12.8. The fourth-order valence-electron chi connectivity index (χ4n) is 2.66. The van der Waals surface area contributed by atoms with Crippen LogP contribution in [0.4, 0.5) is 10.1 Å². The molecule has 1 atom stereocenters. The van der Waals surface area contributed by atoms with E-state index in [-0.39, 0.29) is 11.7 Å². The minimum atomic E-state index is -0.436. The van der Waals surface area contributed by atoms with Gasteiger partial charge in [-0.1, -0.05) is 43.3 Å². The number of anilines is 1. The summed E-state index contributed by atoms with van der Waals surface area (Å²) in [6, 6.07) is 11.9. The summed E-state index contributed by atoms with van der Waals surface area (Å²) in [6.07, 6.45) is 3.81. The van der Waals surface area contributed by atoms with Gasteiger partial charge in [0.05, 0.1) is 24.3 Å². The number of nitrogens with one attached hydrogen (secondary N) is 2. The molecule has 0 saturated carbocycles. The summed E-state index contributed by atoms with van der Waals surface area (Å²) in [5.41, 5.74) is 0.731. The molecule has 1 saturated heterocycles. The molecule has 2 N–H and O–H groups in total. The van der Waals surface area contributed by atoms with E-state index in [9.17, 15) is 9.18 Å². The molecule has 1 unspecified atom stereocenters. The molecule has 28 heavy (non-hydrogen) atoms. The molecule has 3 rings (SSSR count). The number of amides is 1. The van der Waals surface area contributed by atoms with Crippen molar-refractivity contribution in [3.8, 4) is 11.5 Å². The van der Waals surface area contributed by atoms with Crippen LogP contribution in [0, 0.1) is 5.82 Å². The number of unbranched alkanes of at least 4 members (excludes halogenated alkanes) is 1. The number of carbonyl (C=O) groups is 1. The molecule has 1 amide bonds. The zero-order chi connectivity index (χ0) is 19.9. The highest BCUT2D eigenvalue weighted by Crippen LogP contribution is 2.33. The summed E-state index contributed by atoms with van der Waals surface area (Å²) in [6.45, 7) is 2.74. The first-order valence-corrected chi connectivity index (χ1v) is 9.99. The molecule has 0 radical (unpaired) electrons. The van der Waals surface area contributed by atoms with E-state index in [0.29, 0.717) is 28.7 Å². The van der Waals surface area contributed by atoms with Crippen molar-refractivity contribution < 1.29 is 18.7 Å². The Bertz CT molecular complexity index is 872. The van der Waals surface area contributed by atoms with Gasteiger partial charge in [0.2, 0.25) is 0 Å². The van der Waals surface area contributed by atoms with Crippen molar-refractivity contribution in [1.29, 1.82) is 0 Å². The molecular formula is C21H23FN2O3S. The van der Waals surface area contributed by atoms with Crippen LogP contribution in [-0.2, 0) is 4.79 Å². The zero-order valence-corrected chi connectivity index (χ0v) is 16.6. The molecule has 5 nitrogen and oxygen atoms in total. The van der Waals surface area contributed by atoms with Gasteiger partial charge in [0.25, 0.3) is 5.91 Å². The molecule has 1 aliphatic heterocycles. The van der Waals surface area contributed by atoms with Crippen LogP contribution in [0.25, 0.3) is 6.08 Å². The lowest BCUT2D eigenvalue weighted by Crippen LogP contribution is -2.31. The van der Waals surface area contributed by atoms with Crippen molar-refractivity contribution in [1.82, 2.24) is 5.32 Å². The van der Waals surface area contributed by atoms with Crippen LogP contribution in [0.2, 0.25) is 0 Å². The lowest BCUT2D eigenvalue weighted by Gasteiger charge is -2.13. The van der Waals surface area contributed by atoms with E-state index in [4.69, 9.17) is 9.47 Å². The third kappa shape index (κ3) is 4.98. The van der Waals surface area contributed by atoms with Crippen LogP contribution < -0.4 is 20.1 Å². The molecule has 0 bridgehead atoms. The molecule has 1 fully saturated rings. The van der Waals surface area contributed by atoms with Crippen molar-refractivity contribution in [3.63, 3.8) is 0 Å². The number of rotatable bonds is 8. The smallest absolute Gasteiger partial charge is 0.260 e. The van der Waals surface area contributed by atoms with Gasteiger partial charge in [0.15, 0.2) is 17.0 Å². The Kier molecular flexibility index (Phi) is 6.81. The predicted octanol–water partition coefficient (Wildman–Crippen LogP) is 4.61. The second-order valence-electron chi connectivity index (χ2n) is 6.22. The number of methoxy groups -OCH3 is 1. The van der Waals surface area contributed by atoms with Gasteiger partial charge < -0.3 is 20.1 Å². The van der Waals surface area contributed by atoms with Gasteiger partial charge in [0.1, 0.15) is 5.82 Å². The molecule has 0 spiro atoms. The first kappa shape index (κ1) is 20.1. The van der Waals surface area contributed by atoms with Gasteiger partial charge in [0, 0.05) is 0 Å². The fourth-order valence-corrected chi connectivity index (χ4v) is 3.63. The Labute approximate surface area is 168 Å². The predicted molar refractivity (Wildman–Crippen MR) is 111 cm³/mol. The van der Waals surface area contributed by atoms with Gasteiger partial charge >= 0.3 is 0 Å². The maximum Gasteiger partial charge on any atom is 0.260 e. The topological polar surface area (TPSA) is 59.6 Å². The second-order valence-corrected chi connectivity index (χ2v) is 7.36. The third-order valence-electron chi connectivity index (χ3n) is 4.13. The van der Waals surface area contributed by atoms with Crippen molar-refractivity contribution in [3.05, 3.63) is 58.8 Å². The number of benzene rings is 2. The van der Waals surface area contributed by atoms with Gasteiger partial charge in [-0.3, -0.25) is 4.79 Å². The van der Waals surface area contributed by atoms with Crippen molar-refractivity contribution in [2.24, 2.45) is 0 Å². The molecule has 7 heteroatoms. The third-order valence-corrected chi connectivity index (χ3v) is 5.16. The molecular weight excluding hydrogens is 379 g/mol. The summed E-state index contributed by atoms with van der Waals surface area (Å²) in [5, 5.41) is 5.78. The van der Waals surface area contributed by atoms with E-state index in [1.165, 1.54) is 17.8 Å². The van der Waals surface area contributed by atoms with Gasteiger partial charge in [-0.15, -0.1) is 0 Å². The summed E-state index contributed by atoms with van der Waals surface area (Å²) in [5.74, 6) is 0.731. The Morgan fingerprint density at radius 2 is 2.07 bits per heavy atom. The highest BCUT2D eigenvalue weighted by atomic mass is 32.2. The average Bonchev–Trinajstić information content (AvgIpc) is 3.03. The van der Waals surface area contributed by atoms with Crippen molar-refractivity contribution in [2.45, 2.75) is 25.3 Å². The van der Waals surface area contributed by atoms with Gasteiger partial charge in [-0.05, 0) is 42.3 Å². The minimum Gasteiger partial charge on any atom is -0.493 e. The molecule has 2 aromatic carbocycles. The number of carbonyl (C=O) groups excluding carboxylic acids is 1. The van der Waals surface area contributed by atoms with Crippen LogP contribution in [0.3, 0.4) is 0 Å². The van der Waals surface area contributed by atoms with E-state index >= 15 is 0 Å². The van der Waals surface area contributed by atoms with E-state index in [0.717, 1.165) is 18.4 Å². The second kappa shape index (κ2) is 9.50. The van der Waals surface area contributed by atoms with E-state index < -0.39 is 5.50 Å². The minimum absolute atomic E-state index is 0.207. The number of halogens is 1. The first-order valence-electron chi connectivity index (χ1n) is 9.12. The highest BCUT2D eigenvalue weighted by Gasteiger charge is 2.27. The maximum absolute atomic E-state index is 13.8. The number of thioether (sulfide) groups is 1. The normalized spacial score (nSPS) is 17.5. The standard InChI is InChI=1S/C21H23FN2O3S/c1-3-4-11-27-17-10-9-14(12-18(17)26-2)13-19-20(25)24-21(28-19)23-16-8-6-5-7-15(16)22/h5-10,12-13,21,23H,3-4,11H2,1-2H3,(H,24,25)/b19-13-. The molecule has 1 heterocycles. The number of ether oxygens (including phenoxy) is 2. The summed E-state index contributed by atoms with van der Waals surface area (Å²) < 4.78 is 24.9. The Morgan fingerprint density at radius 3 is 2.82 bits per heavy atom. The number of hydrogen-bond donors (Lipinski definition) is 2. The Balaban J connectivity index is 1.70. The summed E-state index contributed by atoms with van der Waals surface area (Å²) >= 11 is 1.30. The van der Waals surface area contributed by atoms with Gasteiger partial charge in [-0.2, -0.15) is 0 Å². The van der Waals surface area contributed by atoms with Crippen molar-refractivity contribution >= 4 is 29.4 Å². The van der Waals surface area contributed by atoms with Crippen LogP contribution in [-0.4, -0.2) is 25.1 Å². The summed E-state index contributed by atoms with van der Waals surface area (Å²) in [7, 11) is 1.59. The lowest BCUT2D eigenvalue weighted by atomic mass is 10.2. The van der Waals surface area contributed by atoms with E-state index in [1.54, 1.807) is 31.4 Å². The molecule has 148 valence electrons. The van der Waals surface area contributed by atoms with Gasteiger partial charge in [-0.25, -0.2) is 4.39 Å². The Morgan fingerprint density at radius 1 is 1.25 bits per heavy atom. The average molecular weight is 402 g/mol. The van der Waals surface area contributed by atoms with E-state index in [1.807, 2.05) is 18.2 Å². The van der Waals surface area contributed by atoms with Crippen LogP contribution >= 0.6 is 11.8 Å². The monoisotopic (exact) mass is 402 g/mol. The highest BCUT2D eigenvalue weighted by molar-refractivity contribution is 8.05. The largest absolute Gasteiger partial charge is 0.493 e. The molecule has 2 aromatic rings. The fraction of sp³-hybridized carbons (Fsp3) is 0.286. The van der Waals surface area contributed by atoms with Crippen LogP contribution in [0.15, 0.2) is 47.4 Å². The number of hydrogen-bond acceptors (Lipinski definition) is 5. The molecule has 1 aliphatic rings. The first-order chi connectivity index (χ1) is 13.6. The van der Waals surface area contributed by atoms with Crippen LogP contribution in [0.1, 0.15) is 25.3 Å². The van der Waals surface area contributed by atoms with Crippen molar-refractivity contribution in [2.75, 3.05) is 19.0 Å². The SMILES string of the molecule is CCCCOc1ccc(/C=C2\SC(Nc3ccccc3F)NC2=O)cc1OC. The quantitative estimate of drug-likeness (QED) is 0.499.